The van der Waals surface area contributed by atoms with Gasteiger partial charge in [0.2, 0.25) is 0 Å². The Balaban J connectivity index is 2.41. The van der Waals surface area contributed by atoms with Gasteiger partial charge in [0, 0.05) is 19.6 Å². The number of benzene rings is 1. The van der Waals surface area contributed by atoms with Crippen molar-refractivity contribution in [3.05, 3.63) is 23.8 Å². The maximum atomic E-state index is 11.9. The summed E-state index contributed by atoms with van der Waals surface area (Å²) in [6, 6.07) is 6.03. The molecule has 104 valence electrons. The number of fused-ring (bicyclic) bond motifs is 1. The van der Waals surface area contributed by atoms with Crippen molar-refractivity contribution in [2.24, 2.45) is 5.73 Å². The lowest BCUT2D eigenvalue weighted by Gasteiger charge is -2.32. The van der Waals surface area contributed by atoms with Crippen LogP contribution in [0.15, 0.2) is 18.2 Å². The van der Waals surface area contributed by atoms with E-state index in [1.54, 1.807) is 18.9 Å². The van der Waals surface area contributed by atoms with Gasteiger partial charge in [0.15, 0.2) is 6.10 Å². The number of amides is 1. The summed E-state index contributed by atoms with van der Waals surface area (Å²) in [5, 5.41) is 0. The highest BCUT2D eigenvalue weighted by Crippen LogP contribution is 2.35. The molecule has 0 fully saturated rings. The number of nitrogens with two attached hydrogens (primary N) is 1. The molecular weight excluding hydrogens is 242 g/mol. The first-order valence-corrected chi connectivity index (χ1v) is 6.40. The Bertz CT molecular complexity index is 488. The lowest BCUT2D eigenvalue weighted by molar-refractivity contribution is -0.125. The predicted octanol–water partition coefficient (Wildman–Crippen LogP) is 0.992. The van der Waals surface area contributed by atoms with Crippen molar-refractivity contribution in [1.29, 1.82) is 0 Å². The number of hydrogen-bond acceptors (Lipinski definition) is 4. The van der Waals surface area contributed by atoms with E-state index in [-0.39, 0.29) is 11.9 Å². The number of anilines is 1. The monoisotopic (exact) mass is 263 g/mol. The van der Waals surface area contributed by atoms with E-state index in [2.05, 4.69) is 4.90 Å². The summed E-state index contributed by atoms with van der Waals surface area (Å²) in [4.78, 5) is 15.7. The van der Waals surface area contributed by atoms with Crippen LogP contribution in [0.5, 0.6) is 5.75 Å². The van der Waals surface area contributed by atoms with Gasteiger partial charge in [0.25, 0.3) is 5.91 Å². The molecule has 2 rings (SSSR count). The first-order valence-electron chi connectivity index (χ1n) is 6.40. The fourth-order valence-electron chi connectivity index (χ4n) is 2.38. The second kappa shape index (κ2) is 5.19. The molecule has 2 unspecified atom stereocenters. The summed E-state index contributed by atoms with van der Waals surface area (Å²) < 4.78 is 5.61. The van der Waals surface area contributed by atoms with Gasteiger partial charge in [0.1, 0.15) is 5.75 Å². The van der Waals surface area contributed by atoms with Gasteiger partial charge in [0.05, 0.1) is 5.69 Å². The predicted molar refractivity (Wildman–Crippen MR) is 75.4 cm³/mol. The normalized spacial score (nSPS) is 20.2. The Kier molecular flexibility index (Phi) is 3.78. The molecule has 0 spiro atoms. The maximum Gasteiger partial charge on any atom is 0.267 e. The van der Waals surface area contributed by atoms with Crippen LogP contribution < -0.4 is 15.4 Å². The Morgan fingerprint density at radius 3 is 2.74 bits per heavy atom. The van der Waals surface area contributed by atoms with Crippen molar-refractivity contribution in [3.8, 4) is 5.75 Å². The molecule has 0 bridgehead atoms. The maximum absolute atomic E-state index is 11.9. The minimum atomic E-state index is -0.428. The van der Waals surface area contributed by atoms with Crippen LogP contribution in [0.1, 0.15) is 18.5 Å². The van der Waals surface area contributed by atoms with Gasteiger partial charge >= 0.3 is 0 Å². The molecule has 0 radical (unpaired) electrons. The number of nitrogens with zero attached hydrogens (tertiary/aromatic N) is 2. The summed E-state index contributed by atoms with van der Waals surface area (Å²) in [6.45, 7) is 2.29. The van der Waals surface area contributed by atoms with Gasteiger partial charge in [-0.1, -0.05) is 6.07 Å². The van der Waals surface area contributed by atoms with E-state index in [4.69, 9.17) is 10.5 Å². The molecule has 0 aromatic heterocycles. The molecule has 1 aromatic carbocycles. The topological polar surface area (TPSA) is 58.8 Å². The zero-order valence-electron chi connectivity index (χ0n) is 11.9. The molecule has 1 heterocycles. The zero-order valence-corrected chi connectivity index (χ0v) is 11.9. The smallest absolute Gasteiger partial charge is 0.267 e. The van der Waals surface area contributed by atoms with E-state index in [0.717, 1.165) is 17.0 Å². The first kappa shape index (κ1) is 13.8. The average molecular weight is 263 g/mol. The molecule has 2 N–H and O–H groups in total. The lowest BCUT2D eigenvalue weighted by Crippen LogP contribution is -2.42. The van der Waals surface area contributed by atoms with Gasteiger partial charge in [-0.15, -0.1) is 0 Å². The summed E-state index contributed by atoms with van der Waals surface area (Å²) in [5.41, 5.74) is 7.71. The quantitative estimate of drug-likeness (QED) is 0.883. The summed E-state index contributed by atoms with van der Waals surface area (Å²) in [5.74, 6) is 0.715. The van der Waals surface area contributed by atoms with Crippen molar-refractivity contribution >= 4 is 11.6 Å². The van der Waals surface area contributed by atoms with Crippen LogP contribution in [0.25, 0.3) is 0 Å². The van der Waals surface area contributed by atoms with Crippen LogP contribution in [-0.2, 0) is 4.79 Å². The first-order chi connectivity index (χ1) is 8.95. The lowest BCUT2D eigenvalue weighted by atomic mass is 10.0. The molecule has 5 heteroatoms. The highest BCUT2D eigenvalue weighted by Gasteiger charge is 2.29. The Hall–Kier alpha value is -1.59. The minimum absolute atomic E-state index is 0.0289. The molecule has 1 aliphatic heterocycles. The molecule has 1 amide bonds. The SMILES string of the molecule is CC1Oc2ccc(C(CN)N(C)C)cc2N(C)C1=O. The van der Waals surface area contributed by atoms with Crippen LogP contribution in [-0.4, -0.2) is 44.6 Å². The van der Waals surface area contributed by atoms with Gasteiger partial charge in [-0.25, -0.2) is 0 Å². The standard InChI is InChI=1S/C14H21N3O2/c1-9-14(18)17(4)11-7-10(5-6-13(11)19-9)12(8-15)16(2)3/h5-7,9,12H,8,15H2,1-4H3. The van der Waals surface area contributed by atoms with Crippen LogP contribution in [0.3, 0.4) is 0 Å². The summed E-state index contributed by atoms with van der Waals surface area (Å²) >= 11 is 0. The van der Waals surface area contributed by atoms with Crippen molar-refractivity contribution in [2.45, 2.75) is 19.1 Å². The molecule has 19 heavy (non-hydrogen) atoms. The van der Waals surface area contributed by atoms with Crippen LogP contribution in [0.2, 0.25) is 0 Å². The van der Waals surface area contributed by atoms with E-state index in [1.165, 1.54) is 0 Å². The molecule has 2 atom stereocenters. The van der Waals surface area contributed by atoms with E-state index in [0.29, 0.717) is 6.54 Å². The van der Waals surface area contributed by atoms with Crippen molar-refractivity contribution < 1.29 is 9.53 Å². The highest BCUT2D eigenvalue weighted by atomic mass is 16.5. The molecule has 0 saturated carbocycles. The van der Waals surface area contributed by atoms with E-state index in [9.17, 15) is 4.79 Å². The third kappa shape index (κ3) is 2.43. The Morgan fingerprint density at radius 2 is 2.16 bits per heavy atom. The van der Waals surface area contributed by atoms with Gasteiger partial charge in [-0.2, -0.15) is 0 Å². The number of likely N-dealkylation sites (N-methyl/N-ethyl adjacent to an activating group) is 2. The summed E-state index contributed by atoms with van der Waals surface area (Å²) in [7, 11) is 5.76. The zero-order chi connectivity index (χ0) is 14.2. The molecule has 0 saturated heterocycles. The molecular formula is C14H21N3O2. The van der Waals surface area contributed by atoms with Crippen molar-refractivity contribution in [3.63, 3.8) is 0 Å². The number of carbonyl (C=O) groups excluding carboxylic acids is 1. The number of ether oxygens (including phenoxy) is 1. The fraction of sp³-hybridized carbons (Fsp3) is 0.500. The molecule has 1 aromatic rings. The van der Waals surface area contributed by atoms with E-state index >= 15 is 0 Å². The Morgan fingerprint density at radius 1 is 1.47 bits per heavy atom. The van der Waals surface area contributed by atoms with Crippen molar-refractivity contribution in [2.75, 3.05) is 32.6 Å². The van der Waals surface area contributed by atoms with Gasteiger partial charge in [-0.05, 0) is 38.7 Å². The summed E-state index contributed by atoms with van der Waals surface area (Å²) in [6.07, 6.45) is -0.428. The van der Waals surface area contributed by atoms with Crippen LogP contribution in [0, 0.1) is 0 Å². The molecule has 0 aliphatic carbocycles. The molecule has 1 aliphatic rings. The van der Waals surface area contributed by atoms with Crippen LogP contribution >= 0.6 is 0 Å². The number of hydrogen-bond donors (Lipinski definition) is 1. The molecule has 5 nitrogen and oxygen atoms in total. The Labute approximate surface area is 113 Å². The number of carbonyl (C=O) groups is 1. The van der Waals surface area contributed by atoms with Crippen molar-refractivity contribution in [1.82, 2.24) is 4.90 Å². The second-order valence-electron chi connectivity index (χ2n) is 5.10. The minimum Gasteiger partial charge on any atom is -0.479 e. The van der Waals surface area contributed by atoms with Gasteiger partial charge < -0.3 is 20.3 Å². The van der Waals surface area contributed by atoms with E-state index < -0.39 is 6.10 Å². The second-order valence-corrected chi connectivity index (χ2v) is 5.10. The third-order valence-electron chi connectivity index (χ3n) is 3.56. The van der Waals surface area contributed by atoms with Crippen LogP contribution in [0.4, 0.5) is 5.69 Å². The number of rotatable bonds is 3. The largest absolute Gasteiger partial charge is 0.479 e. The average Bonchev–Trinajstić information content (AvgIpc) is 2.37. The van der Waals surface area contributed by atoms with E-state index in [1.807, 2.05) is 32.3 Å². The third-order valence-corrected chi connectivity index (χ3v) is 3.56. The fourth-order valence-corrected chi connectivity index (χ4v) is 2.38. The highest BCUT2D eigenvalue weighted by molar-refractivity contribution is 5.99. The van der Waals surface area contributed by atoms with Gasteiger partial charge in [-0.3, -0.25) is 4.79 Å².